The van der Waals surface area contributed by atoms with Crippen LogP contribution in [0.5, 0.6) is 11.5 Å². The zero-order valence-corrected chi connectivity index (χ0v) is 11.9. The van der Waals surface area contributed by atoms with E-state index < -0.39 is 0 Å². The Labute approximate surface area is 114 Å². The predicted molar refractivity (Wildman–Crippen MR) is 75.8 cm³/mol. The number of aryl methyl sites for hydroxylation is 1. The molecule has 1 aromatic rings. The zero-order valence-electron chi connectivity index (χ0n) is 11.9. The molecular formula is C15H24FNO2. The normalized spacial score (nSPS) is 10.5. The summed E-state index contributed by atoms with van der Waals surface area (Å²) in [5, 5.41) is 0. The first-order valence-electron chi connectivity index (χ1n) is 6.76. The number of alkyl halides is 1. The lowest BCUT2D eigenvalue weighted by atomic mass is 10.0. The van der Waals surface area contributed by atoms with E-state index in [1.54, 1.807) is 14.2 Å². The van der Waals surface area contributed by atoms with Crippen LogP contribution >= 0.6 is 0 Å². The molecule has 0 spiro atoms. The Morgan fingerprint density at radius 1 is 0.947 bits per heavy atom. The first-order chi connectivity index (χ1) is 9.26. The molecule has 0 unspecified atom stereocenters. The molecule has 0 aliphatic heterocycles. The number of rotatable bonds is 9. The maximum Gasteiger partial charge on any atom is 0.122 e. The van der Waals surface area contributed by atoms with E-state index in [1.165, 1.54) is 0 Å². The standard InChI is InChI=1S/C15H24FNO2/c1-18-14-11-13(7-9-17)15(19-2)10-12(14)6-4-3-5-8-16/h10-11H,3-9,17H2,1-2H3. The zero-order chi connectivity index (χ0) is 14.1. The van der Waals surface area contributed by atoms with Crippen molar-refractivity contribution in [2.75, 3.05) is 27.4 Å². The van der Waals surface area contributed by atoms with Gasteiger partial charge in [0.25, 0.3) is 0 Å². The van der Waals surface area contributed by atoms with Gasteiger partial charge in [-0.3, -0.25) is 4.39 Å². The number of methoxy groups -OCH3 is 2. The summed E-state index contributed by atoms with van der Waals surface area (Å²) in [6.07, 6.45) is 4.13. The molecular weight excluding hydrogens is 245 g/mol. The number of unbranched alkanes of at least 4 members (excludes halogenated alkanes) is 2. The molecule has 0 amide bonds. The van der Waals surface area contributed by atoms with Crippen LogP contribution in [0.25, 0.3) is 0 Å². The van der Waals surface area contributed by atoms with Crippen LogP contribution in [0.15, 0.2) is 12.1 Å². The lowest BCUT2D eigenvalue weighted by Crippen LogP contribution is -2.05. The highest BCUT2D eigenvalue weighted by molar-refractivity contribution is 5.46. The molecule has 0 bridgehead atoms. The third-order valence-electron chi connectivity index (χ3n) is 3.18. The van der Waals surface area contributed by atoms with E-state index in [-0.39, 0.29) is 6.67 Å². The highest BCUT2D eigenvalue weighted by Gasteiger charge is 2.10. The van der Waals surface area contributed by atoms with Crippen molar-refractivity contribution in [3.63, 3.8) is 0 Å². The van der Waals surface area contributed by atoms with Crippen LogP contribution in [0.1, 0.15) is 30.4 Å². The van der Waals surface area contributed by atoms with E-state index in [0.717, 1.165) is 48.3 Å². The van der Waals surface area contributed by atoms with Gasteiger partial charge in [0.05, 0.1) is 20.9 Å². The van der Waals surface area contributed by atoms with Crippen molar-refractivity contribution in [3.05, 3.63) is 23.3 Å². The number of nitrogens with two attached hydrogens (primary N) is 1. The van der Waals surface area contributed by atoms with Gasteiger partial charge in [0, 0.05) is 0 Å². The second-order valence-corrected chi connectivity index (χ2v) is 4.51. The van der Waals surface area contributed by atoms with Gasteiger partial charge in [0.1, 0.15) is 11.5 Å². The molecule has 0 radical (unpaired) electrons. The second-order valence-electron chi connectivity index (χ2n) is 4.51. The van der Waals surface area contributed by atoms with Gasteiger partial charge in [-0.15, -0.1) is 0 Å². The summed E-state index contributed by atoms with van der Waals surface area (Å²) in [6, 6.07) is 4.01. The van der Waals surface area contributed by atoms with Crippen LogP contribution in [-0.2, 0) is 12.8 Å². The minimum atomic E-state index is -0.240. The van der Waals surface area contributed by atoms with Gasteiger partial charge in [0.2, 0.25) is 0 Å². The molecule has 0 aliphatic rings. The molecule has 19 heavy (non-hydrogen) atoms. The molecule has 108 valence electrons. The van der Waals surface area contributed by atoms with Crippen molar-refractivity contribution in [1.82, 2.24) is 0 Å². The van der Waals surface area contributed by atoms with Crippen LogP contribution in [0, 0.1) is 0 Å². The van der Waals surface area contributed by atoms with Crippen LogP contribution in [0.3, 0.4) is 0 Å². The lowest BCUT2D eigenvalue weighted by molar-refractivity contribution is 0.393. The molecule has 0 fully saturated rings. The number of halogens is 1. The lowest BCUT2D eigenvalue weighted by Gasteiger charge is -2.14. The number of hydrogen-bond donors (Lipinski definition) is 1. The van der Waals surface area contributed by atoms with E-state index in [1.807, 2.05) is 12.1 Å². The Kier molecular flexibility index (Phi) is 7.26. The molecule has 3 nitrogen and oxygen atoms in total. The maximum absolute atomic E-state index is 12.1. The molecule has 1 aromatic carbocycles. The summed E-state index contributed by atoms with van der Waals surface area (Å²) in [4.78, 5) is 0. The van der Waals surface area contributed by atoms with Crippen LogP contribution in [0.2, 0.25) is 0 Å². The number of ether oxygens (including phenoxy) is 2. The highest BCUT2D eigenvalue weighted by Crippen LogP contribution is 2.30. The topological polar surface area (TPSA) is 44.5 Å². The van der Waals surface area contributed by atoms with Gasteiger partial charge in [-0.1, -0.05) is 6.42 Å². The minimum absolute atomic E-state index is 0.240. The Morgan fingerprint density at radius 2 is 1.53 bits per heavy atom. The van der Waals surface area contributed by atoms with Crippen LogP contribution in [-0.4, -0.2) is 27.4 Å². The van der Waals surface area contributed by atoms with E-state index >= 15 is 0 Å². The molecule has 0 heterocycles. The average molecular weight is 269 g/mol. The highest BCUT2D eigenvalue weighted by atomic mass is 19.1. The smallest absolute Gasteiger partial charge is 0.122 e. The van der Waals surface area contributed by atoms with Crippen molar-refractivity contribution in [2.45, 2.75) is 32.1 Å². The largest absolute Gasteiger partial charge is 0.496 e. The third kappa shape index (κ3) is 4.71. The first kappa shape index (κ1) is 15.8. The fourth-order valence-corrected chi connectivity index (χ4v) is 2.16. The van der Waals surface area contributed by atoms with Crippen LogP contribution in [0.4, 0.5) is 4.39 Å². The molecule has 0 saturated carbocycles. The Morgan fingerprint density at radius 3 is 2.00 bits per heavy atom. The molecule has 0 atom stereocenters. The van der Waals surface area contributed by atoms with Gasteiger partial charge in [-0.25, -0.2) is 0 Å². The Balaban J connectivity index is 2.83. The molecule has 0 aliphatic carbocycles. The van der Waals surface area contributed by atoms with E-state index in [9.17, 15) is 4.39 Å². The van der Waals surface area contributed by atoms with Gasteiger partial charge in [-0.05, 0) is 55.5 Å². The predicted octanol–water partition coefficient (Wildman–Crippen LogP) is 2.89. The molecule has 1 rings (SSSR count). The van der Waals surface area contributed by atoms with Gasteiger partial charge in [-0.2, -0.15) is 0 Å². The minimum Gasteiger partial charge on any atom is -0.496 e. The Bertz CT molecular complexity index is 383. The summed E-state index contributed by atoms with van der Waals surface area (Å²) in [5.41, 5.74) is 7.77. The van der Waals surface area contributed by atoms with E-state index in [4.69, 9.17) is 15.2 Å². The fourth-order valence-electron chi connectivity index (χ4n) is 2.16. The SMILES string of the molecule is COc1cc(CCCCCF)c(OC)cc1CCN. The van der Waals surface area contributed by atoms with Crippen molar-refractivity contribution in [3.8, 4) is 11.5 Å². The second kappa shape index (κ2) is 8.75. The van der Waals surface area contributed by atoms with E-state index in [2.05, 4.69) is 0 Å². The van der Waals surface area contributed by atoms with Crippen molar-refractivity contribution < 1.29 is 13.9 Å². The number of benzene rings is 1. The molecule has 2 N–H and O–H groups in total. The summed E-state index contributed by atoms with van der Waals surface area (Å²) in [7, 11) is 3.33. The van der Waals surface area contributed by atoms with Crippen molar-refractivity contribution >= 4 is 0 Å². The summed E-state index contributed by atoms with van der Waals surface area (Å²) in [6.45, 7) is 0.339. The third-order valence-corrected chi connectivity index (χ3v) is 3.18. The van der Waals surface area contributed by atoms with Gasteiger partial charge >= 0.3 is 0 Å². The average Bonchev–Trinajstić information content (AvgIpc) is 2.44. The monoisotopic (exact) mass is 269 g/mol. The van der Waals surface area contributed by atoms with Crippen molar-refractivity contribution in [2.24, 2.45) is 5.73 Å². The number of hydrogen-bond acceptors (Lipinski definition) is 3. The quantitative estimate of drug-likeness (QED) is 0.701. The maximum atomic E-state index is 12.1. The van der Waals surface area contributed by atoms with Crippen LogP contribution < -0.4 is 15.2 Å². The first-order valence-corrected chi connectivity index (χ1v) is 6.76. The van der Waals surface area contributed by atoms with Crippen molar-refractivity contribution in [1.29, 1.82) is 0 Å². The summed E-state index contributed by atoms with van der Waals surface area (Å²) >= 11 is 0. The van der Waals surface area contributed by atoms with E-state index in [0.29, 0.717) is 13.0 Å². The van der Waals surface area contributed by atoms with Gasteiger partial charge in [0.15, 0.2) is 0 Å². The molecule has 0 aromatic heterocycles. The summed E-state index contributed by atoms with van der Waals surface area (Å²) < 4.78 is 22.9. The molecule has 0 saturated heterocycles. The van der Waals surface area contributed by atoms with Gasteiger partial charge < -0.3 is 15.2 Å². The summed E-state index contributed by atoms with van der Waals surface area (Å²) in [5.74, 6) is 1.72. The molecule has 4 heteroatoms. The Hall–Kier alpha value is -1.29. The fraction of sp³-hybridized carbons (Fsp3) is 0.600.